The highest BCUT2D eigenvalue weighted by molar-refractivity contribution is 6.01. The van der Waals surface area contributed by atoms with Gasteiger partial charge in [-0.2, -0.15) is 0 Å². The van der Waals surface area contributed by atoms with Crippen LogP contribution in [0.1, 0.15) is 69.9 Å². The Hall–Kier alpha value is -3.71. The van der Waals surface area contributed by atoms with E-state index in [1.165, 1.54) is 23.8 Å². The number of rotatable bonds is 8. The van der Waals surface area contributed by atoms with Crippen LogP contribution in [0.15, 0.2) is 66.2 Å². The molecule has 0 aromatic heterocycles. The summed E-state index contributed by atoms with van der Waals surface area (Å²) in [7, 11) is 0. The van der Waals surface area contributed by atoms with Crippen molar-refractivity contribution >= 4 is 23.2 Å². The van der Waals surface area contributed by atoms with Crippen LogP contribution in [0.3, 0.4) is 0 Å². The number of likely N-dealkylation sites (tertiary alicyclic amines) is 1. The van der Waals surface area contributed by atoms with Crippen LogP contribution >= 0.6 is 0 Å². The number of aromatic carboxylic acids is 1. The van der Waals surface area contributed by atoms with Crippen LogP contribution in [-0.4, -0.2) is 42.3 Å². The molecule has 0 bridgehead atoms. The van der Waals surface area contributed by atoms with Crippen molar-refractivity contribution in [3.05, 3.63) is 111 Å². The highest BCUT2D eigenvalue weighted by Crippen LogP contribution is 2.44. The predicted molar refractivity (Wildman–Crippen MR) is 150 cm³/mol. The van der Waals surface area contributed by atoms with Gasteiger partial charge in [-0.1, -0.05) is 42.5 Å². The maximum atomic E-state index is 14.7. The van der Waals surface area contributed by atoms with E-state index in [4.69, 9.17) is 0 Å². The lowest BCUT2D eigenvalue weighted by atomic mass is 9.84. The second kappa shape index (κ2) is 11.4. The van der Waals surface area contributed by atoms with Crippen LogP contribution in [0.5, 0.6) is 0 Å². The maximum Gasteiger partial charge on any atom is 0.335 e. The molecular formula is C33H31F4NO2. The smallest absolute Gasteiger partial charge is 0.335 e. The van der Waals surface area contributed by atoms with Crippen molar-refractivity contribution in [3.63, 3.8) is 0 Å². The zero-order chi connectivity index (χ0) is 28.4. The largest absolute Gasteiger partial charge is 0.478 e. The van der Waals surface area contributed by atoms with Gasteiger partial charge in [0.1, 0.15) is 5.82 Å². The zero-order valence-electron chi connectivity index (χ0n) is 22.3. The topological polar surface area (TPSA) is 40.5 Å². The molecule has 3 aromatic carbocycles. The number of alkyl halides is 3. The third kappa shape index (κ3) is 5.89. The summed E-state index contributed by atoms with van der Waals surface area (Å²) in [4.78, 5) is 13.9. The van der Waals surface area contributed by atoms with E-state index in [9.17, 15) is 27.5 Å². The Bertz CT molecular complexity index is 1480. The summed E-state index contributed by atoms with van der Waals surface area (Å²) in [6.45, 7) is 2.83. The second-order valence-electron chi connectivity index (χ2n) is 10.6. The van der Waals surface area contributed by atoms with Crippen LogP contribution in [0.25, 0.3) is 17.2 Å². The van der Waals surface area contributed by atoms with E-state index in [2.05, 4.69) is 11.0 Å². The Labute approximate surface area is 231 Å². The summed E-state index contributed by atoms with van der Waals surface area (Å²) in [5.41, 5.74) is 6.25. The highest BCUT2D eigenvalue weighted by atomic mass is 19.3. The maximum absolute atomic E-state index is 14.7. The second-order valence-corrected chi connectivity index (χ2v) is 10.6. The van der Waals surface area contributed by atoms with E-state index < -0.39 is 17.7 Å². The van der Waals surface area contributed by atoms with E-state index in [1.54, 1.807) is 12.1 Å². The van der Waals surface area contributed by atoms with Gasteiger partial charge in [-0.25, -0.2) is 18.0 Å². The van der Waals surface area contributed by atoms with Gasteiger partial charge in [-0.05, 0) is 94.5 Å². The molecule has 0 spiro atoms. The Morgan fingerprint density at radius 2 is 1.73 bits per heavy atom. The number of fused-ring (bicyclic) bond motifs is 1. The molecule has 1 aliphatic carbocycles. The first kappa shape index (κ1) is 27.8. The average molecular weight is 550 g/mol. The molecule has 1 saturated heterocycles. The summed E-state index contributed by atoms with van der Waals surface area (Å²) in [5, 5.41) is 9.55. The number of hydrogen-bond donors (Lipinski definition) is 1. The van der Waals surface area contributed by atoms with Crippen LogP contribution in [0.4, 0.5) is 17.6 Å². The molecule has 0 atom stereocenters. The van der Waals surface area contributed by atoms with E-state index in [0.717, 1.165) is 60.5 Å². The first-order valence-electron chi connectivity index (χ1n) is 13.5. The minimum Gasteiger partial charge on any atom is -0.478 e. The summed E-state index contributed by atoms with van der Waals surface area (Å²) in [5.74, 6) is -5.01. The van der Waals surface area contributed by atoms with E-state index >= 15 is 0 Å². The number of hydrogen-bond acceptors (Lipinski definition) is 2. The van der Waals surface area contributed by atoms with Crippen LogP contribution in [0.2, 0.25) is 0 Å². The van der Waals surface area contributed by atoms with E-state index in [-0.39, 0.29) is 17.8 Å². The fraction of sp³-hybridized carbons (Fsp3) is 0.303. The Morgan fingerprint density at radius 3 is 2.40 bits per heavy atom. The fourth-order valence-electron chi connectivity index (χ4n) is 5.71. The third-order valence-corrected chi connectivity index (χ3v) is 7.61. The molecule has 208 valence electrons. The molecule has 3 nitrogen and oxygen atoms in total. The first-order valence-corrected chi connectivity index (χ1v) is 13.5. The molecule has 1 aliphatic heterocycles. The molecule has 0 amide bonds. The molecule has 7 heteroatoms. The molecule has 40 heavy (non-hydrogen) atoms. The van der Waals surface area contributed by atoms with Gasteiger partial charge in [-0.3, -0.25) is 9.29 Å². The van der Waals surface area contributed by atoms with Crippen molar-refractivity contribution in [2.45, 2.75) is 38.5 Å². The molecule has 1 fully saturated rings. The van der Waals surface area contributed by atoms with Crippen molar-refractivity contribution in [3.8, 4) is 0 Å². The van der Waals surface area contributed by atoms with Crippen LogP contribution < -0.4 is 0 Å². The van der Waals surface area contributed by atoms with Crippen molar-refractivity contribution in [1.29, 1.82) is 0 Å². The Kier molecular flexibility index (Phi) is 7.95. The molecule has 1 heterocycles. The standard InChI is InChI=1S/C33H31F4NO2/c1-33(36,37)30-18-26(35)11-13-28(30)29-5-2-4-24-17-25(32(39)40)10-12-27(24)31(29)23-8-6-21(7-9-23)16-22-19-38(20-22)15-3-14-34/h6-13,16-18H,2-5,14-15,19-20H2,1H3,(H,39,40). The van der Waals surface area contributed by atoms with Crippen LogP contribution in [-0.2, 0) is 12.3 Å². The minimum absolute atomic E-state index is 0.173. The summed E-state index contributed by atoms with van der Waals surface area (Å²) < 4.78 is 56.1. The zero-order valence-corrected chi connectivity index (χ0v) is 22.3. The Balaban J connectivity index is 1.61. The predicted octanol–water partition coefficient (Wildman–Crippen LogP) is 7.99. The van der Waals surface area contributed by atoms with Gasteiger partial charge in [0.2, 0.25) is 0 Å². The molecule has 2 aliphatic rings. The number of carboxylic acid groups (broad SMARTS) is 1. The van der Waals surface area contributed by atoms with Crippen molar-refractivity contribution < 1.29 is 27.5 Å². The van der Waals surface area contributed by atoms with Gasteiger partial charge in [0, 0.05) is 32.1 Å². The van der Waals surface area contributed by atoms with Gasteiger partial charge in [0.25, 0.3) is 5.92 Å². The van der Waals surface area contributed by atoms with Gasteiger partial charge < -0.3 is 5.11 Å². The lowest BCUT2D eigenvalue weighted by Crippen LogP contribution is -2.40. The monoisotopic (exact) mass is 549 g/mol. The van der Waals surface area contributed by atoms with Crippen molar-refractivity contribution in [2.24, 2.45) is 0 Å². The average Bonchev–Trinajstić information content (AvgIpc) is 3.09. The molecule has 0 radical (unpaired) electrons. The molecule has 5 rings (SSSR count). The van der Waals surface area contributed by atoms with E-state index in [0.29, 0.717) is 36.8 Å². The minimum atomic E-state index is -3.26. The van der Waals surface area contributed by atoms with E-state index in [1.807, 2.05) is 24.3 Å². The lowest BCUT2D eigenvalue weighted by molar-refractivity contribution is 0.0168. The molecule has 0 saturated carbocycles. The molecule has 3 aromatic rings. The third-order valence-electron chi connectivity index (χ3n) is 7.61. The SMILES string of the molecule is CC(F)(F)c1cc(F)ccc1C1=C(c2ccc(C=C3CN(CCCF)C3)cc2)c2ccc(C(=O)O)cc2CCC1. The molecule has 0 unspecified atom stereocenters. The van der Waals surface area contributed by atoms with Crippen LogP contribution in [0, 0.1) is 5.82 Å². The van der Waals surface area contributed by atoms with Gasteiger partial charge in [0.15, 0.2) is 0 Å². The van der Waals surface area contributed by atoms with Gasteiger partial charge >= 0.3 is 5.97 Å². The fourth-order valence-corrected chi connectivity index (χ4v) is 5.71. The van der Waals surface area contributed by atoms with Crippen molar-refractivity contribution in [1.82, 2.24) is 4.90 Å². The summed E-state index contributed by atoms with van der Waals surface area (Å²) in [6, 6.07) is 16.4. The highest BCUT2D eigenvalue weighted by Gasteiger charge is 2.31. The summed E-state index contributed by atoms with van der Waals surface area (Å²) in [6.07, 6.45) is 4.34. The number of allylic oxidation sites excluding steroid dienone is 1. The normalized spacial score (nSPS) is 15.9. The number of halogens is 4. The Morgan fingerprint density at radius 1 is 1.00 bits per heavy atom. The first-order chi connectivity index (χ1) is 19.1. The molecule has 1 N–H and O–H groups in total. The number of benzene rings is 3. The number of nitrogens with zero attached hydrogens (tertiary/aromatic N) is 1. The number of aryl methyl sites for hydroxylation is 1. The molecular weight excluding hydrogens is 518 g/mol. The van der Waals surface area contributed by atoms with Gasteiger partial charge in [0.05, 0.1) is 12.2 Å². The number of carboxylic acids is 1. The lowest BCUT2D eigenvalue weighted by Gasteiger charge is -2.33. The van der Waals surface area contributed by atoms with Crippen molar-refractivity contribution in [2.75, 3.05) is 26.3 Å². The number of carbonyl (C=O) groups is 1. The quantitative estimate of drug-likeness (QED) is 0.290. The van der Waals surface area contributed by atoms with Gasteiger partial charge in [-0.15, -0.1) is 0 Å². The summed E-state index contributed by atoms with van der Waals surface area (Å²) >= 11 is 0.